The van der Waals surface area contributed by atoms with E-state index < -0.39 is 10.0 Å². The van der Waals surface area contributed by atoms with Crippen molar-refractivity contribution in [2.45, 2.75) is 11.4 Å². The van der Waals surface area contributed by atoms with Gasteiger partial charge in [-0.2, -0.15) is 0 Å². The van der Waals surface area contributed by atoms with Gasteiger partial charge in [-0.15, -0.1) is 11.3 Å². The second-order valence-corrected chi connectivity index (χ2v) is 6.38. The molecular formula is C11H13N3O3S2. The SMILES string of the molecule is COc1ccc(N)cc1S(=O)(=O)NCc1nccs1. The predicted octanol–water partition coefficient (Wildman–Crippen LogP) is 1.21. The Morgan fingerprint density at radius 2 is 2.26 bits per heavy atom. The summed E-state index contributed by atoms with van der Waals surface area (Å²) >= 11 is 1.38. The van der Waals surface area contributed by atoms with Crippen LogP contribution in [0.15, 0.2) is 34.7 Å². The normalized spacial score (nSPS) is 11.4. The van der Waals surface area contributed by atoms with Crippen molar-refractivity contribution in [3.8, 4) is 5.75 Å². The summed E-state index contributed by atoms with van der Waals surface area (Å²) < 4.78 is 31.9. The van der Waals surface area contributed by atoms with Crippen LogP contribution in [0.3, 0.4) is 0 Å². The number of thiazole rings is 1. The van der Waals surface area contributed by atoms with Crippen LogP contribution in [0.4, 0.5) is 5.69 Å². The third-order valence-corrected chi connectivity index (χ3v) is 4.58. The lowest BCUT2D eigenvalue weighted by Crippen LogP contribution is -2.23. The lowest BCUT2D eigenvalue weighted by atomic mass is 10.3. The van der Waals surface area contributed by atoms with Gasteiger partial charge in [-0.05, 0) is 18.2 Å². The summed E-state index contributed by atoms with van der Waals surface area (Å²) in [7, 11) is -2.28. The van der Waals surface area contributed by atoms with Gasteiger partial charge in [0.2, 0.25) is 10.0 Å². The zero-order chi connectivity index (χ0) is 13.9. The molecule has 0 amide bonds. The standard InChI is InChI=1S/C11H13N3O3S2/c1-17-9-3-2-8(12)6-10(9)19(15,16)14-7-11-13-4-5-18-11/h2-6,14H,7,12H2,1H3. The van der Waals surface area contributed by atoms with Crippen LogP contribution in [0.1, 0.15) is 5.01 Å². The van der Waals surface area contributed by atoms with E-state index in [2.05, 4.69) is 9.71 Å². The third kappa shape index (κ3) is 3.22. The molecule has 0 radical (unpaired) electrons. The van der Waals surface area contributed by atoms with Crippen LogP contribution in [-0.2, 0) is 16.6 Å². The van der Waals surface area contributed by atoms with Crippen molar-refractivity contribution in [3.05, 3.63) is 34.8 Å². The number of anilines is 1. The fourth-order valence-electron chi connectivity index (χ4n) is 1.48. The number of nitrogens with two attached hydrogens (primary N) is 1. The zero-order valence-electron chi connectivity index (χ0n) is 10.2. The molecule has 0 saturated heterocycles. The van der Waals surface area contributed by atoms with Crippen molar-refractivity contribution in [2.75, 3.05) is 12.8 Å². The minimum Gasteiger partial charge on any atom is -0.495 e. The Morgan fingerprint density at radius 1 is 1.47 bits per heavy atom. The number of hydrogen-bond donors (Lipinski definition) is 2. The Bertz CT molecular complexity index is 654. The molecule has 2 rings (SSSR count). The molecule has 0 saturated carbocycles. The number of nitrogens with one attached hydrogen (secondary N) is 1. The molecule has 1 heterocycles. The average Bonchev–Trinajstić information content (AvgIpc) is 2.89. The zero-order valence-corrected chi connectivity index (χ0v) is 11.8. The van der Waals surface area contributed by atoms with Crippen molar-refractivity contribution in [2.24, 2.45) is 0 Å². The van der Waals surface area contributed by atoms with Crippen molar-refractivity contribution in [1.82, 2.24) is 9.71 Å². The number of aromatic nitrogens is 1. The van der Waals surface area contributed by atoms with Crippen molar-refractivity contribution < 1.29 is 13.2 Å². The number of sulfonamides is 1. The smallest absolute Gasteiger partial charge is 0.244 e. The molecule has 0 spiro atoms. The average molecular weight is 299 g/mol. The molecule has 8 heteroatoms. The van der Waals surface area contributed by atoms with Crippen molar-refractivity contribution in [1.29, 1.82) is 0 Å². The summed E-state index contributed by atoms with van der Waals surface area (Å²) in [6.45, 7) is 0.137. The first-order chi connectivity index (χ1) is 9.03. The Hall–Kier alpha value is -1.64. The molecule has 102 valence electrons. The minimum absolute atomic E-state index is 0.0200. The van der Waals surface area contributed by atoms with Gasteiger partial charge in [0, 0.05) is 17.3 Å². The van der Waals surface area contributed by atoms with Crippen molar-refractivity contribution >= 4 is 27.0 Å². The highest BCUT2D eigenvalue weighted by Gasteiger charge is 2.19. The summed E-state index contributed by atoms with van der Waals surface area (Å²) in [5.74, 6) is 0.251. The van der Waals surface area contributed by atoms with Crippen LogP contribution >= 0.6 is 11.3 Å². The largest absolute Gasteiger partial charge is 0.495 e. The van der Waals surface area contributed by atoms with Crippen LogP contribution < -0.4 is 15.2 Å². The van der Waals surface area contributed by atoms with Crippen LogP contribution in [0.25, 0.3) is 0 Å². The van der Waals surface area contributed by atoms with Gasteiger partial charge in [-0.1, -0.05) is 0 Å². The summed E-state index contributed by atoms with van der Waals surface area (Å²) in [6.07, 6.45) is 1.62. The van der Waals surface area contributed by atoms with Gasteiger partial charge in [0.15, 0.2) is 0 Å². The van der Waals surface area contributed by atoms with Crippen LogP contribution in [-0.4, -0.2) is 20.5 Å². The van der Waals surface area contributed by atoms with Crippen LogP contribution in [0, 0.1) is 0 Å². The number of nitrogen functional groups attached to an aromatic ring is 1. The Labute approximate surface area is 115 Å². The van der Waals surface area contributed by atoms with E-state index in [1.54, 1.807) is 17.6 Å². The molecule has 0 bridgehead atoms. The molecule has 3 N–H and O–H groups in total. The van der Waals surface area contributed by atoms with E-state index in [-0.39, 0.29) is 17.2 Å². The van der Waals surface area contributed by atoms with Gasteiger partial charge in [0.1, 0.15) is 15.7 Å². The molecule has 0 aliphatic carbocycles. The third-order valence-electron chi connectivity index (χ3n) is 2.37. The Morgan fingerprint density at radius 3 is 2.89 bits per heavy atom. The first kappa shape index (κ1) is 13.8. The van der Waals surface area contributed by atoms with Gasteiger partial charge >= 0.3 is 0 Å². The van der Waals surface area contributed by atoms with Gasteiger partial charge < -0.3 is 10.5 Å². The molecular weight excluding hydrogens is 286 g/mol. The van der Waals surface area contributed by atoms with E-state index in [0.717, 1.165) is 0 Å². The summed E-state index contributed by atoms with van der Waals surface area (Å²) in [4.78, 5) is 4.03. The van der Waals surface area contributed by atoms with E-state index in [9.17, 15) is 8.42 Å². The number of nitrogens with zero attached hydrogens (tertiary/aromatic N) is 1. The highest BCUT2D eigenvalue weighted by molar-refractivity contribution is 7.89. The van der Waals surface area contributed by atoms with Gasteiger partial charge in [-0.3, -0.25) is 0 Å². The van der Waals surface area contributed by atoms with E-state index in [0.29, 0.717) is 10.7 Å². The quantitative estimate of drug-likeness (QED) is 0.809. The molecule has 0 atom stereocenters. The summed E-state index contributed by atoms with van der Waals surface area (Å²) in [6, 6.07) is 4.47. The number of rotatable bonds is 5. The predicted molar refractivity (Wildman–Crippen MR) is 73.5 cm³/mol. The maximum Gasteiger partial charge on any atom is 0.244 e. The summed E-state index contributed by atoms with van der Waals surface area (Å²) in [5.41, 5.74) is 5.97. The first-order valence-corrected chi connectivity index (χ1v) is 7.71. The highest BCUT2D eigenvalue weighted by Crippen LogP contribution is 2.25. The number of benzene rings is 1. The molecule has 19 heavy (non-hydrogen) atoms. The molecule has 1 aromatic heterocycles. The highest BCUT2D eigenvalue weighted by atomic mass is 32.2. The maximum atomic E-state index is 12.2. The molecule has 0 fully saturated rings. The second kappa shape index (κ2) is 5.55. The molecule has 6 nitrogen and oxygen atoms in total. The molecule has 0 aliphatic heterocycles. The monoisotopic (exact) mass is 299 g/mol. The van der Waals surface area contributed by atoms with E-state index in [1.165, 1.54) is 30.6 Å². The molecule has 0 aliphatic rings. The number of methoxy groups -OCH3 is 1. The van der Waals surface area contributed by atoms with Crippen LogP contribution in [0.2, 0.25) is 0 Å². The van der Waals surface area contributed by atoms with E-state index in [1.807, 2.05) is 0 Å². The van der Waals surface area contributed by atoms with Gasteiger partial charge in [0.05, 0.1) is 13.7 Å². The summed E-state index contributed by atoms with van der Waals surface area (Å²) in [5, 5.41) is 2.47. The topological polar surface area (TPSA) is 94.3 Å². The Kier molecular flexibility index (Phi) is 4.03. The molecule has 1 aromatic carbocycles. The maximum absolute atomic E-state index is 12.2. The van der Waals surface area contributed by atoms with Crippen molar-refractivity contribution in [3.63, 3.8) is 0 Å². The van der Waals surface area contributed by atoms with Gasteiger partial charge in [0.25, 0.3) is 0 Å². The first-order valence-electron chi connectivity index (χ1n) is 5.34. The van der Waals surface area contributed by atoms with E-state index in [4.69, 9.17) is 10.5 Å². The lowest BCUT2D eigenvalue weighted by Gasteiger charge is -2.10. The Balaban J connectivity index is 2.26. The second-order valence-electron chi connectivity index (χ2n) is 3.66. The lowest BCUT2D eigenvalue weighted by molar-refractivity contribution is 0.402. The number of hydrogen-bond acceptors (Lipinski definition) is 6. The van der Waals surface area contributed by atoms with Gasteiger partial charge in [-0.25, -0.2) is 18.1 Å². The van der Waals surface area contributed by atoms with Crippen LogP contribution in [0.5, 0.6) is 5.75 Å². The number of ether oxygens (including phenoxy) is 1. The molecule has 2 aromatic rings. The molecule has 0 unspecified atom stereocenters. The fourth-order valence-corrected chi connectivity index (χ4v) is 3.32. The van der Waals surface area contributed by atoms with E-state index >= 15 is 0 Å². The minimum atomic E-state index is -3.69. The fraction of sp³-hybridized carbons (Fsp3) is 0.182.